The van der Waals surface area contributed by atoms with Gasteiger partial charge in [-0.3, -0.25) is 9.59 Å². The molecule has 1 heterocycles. The van der Waals surface area contributed by atoms with Gasteiger partial charge < -0.3 is 14.6 Å². The van der Waals surface area contributed by atoms with E-state index in [1.807, 2.05) is 19.1 Å². The van der Waals surface area contributed by atoms with Gasteiger partial charge in [-0.25, -0.2) is 0 Å². The van der Waals surface area contributed by atoms with Crippen LogP contribution in [0.25, 0.3) is 0 Å². The maximum Gasteiger partial charge on any atom is 0.253 e. The summed E-state index contributed by atoms with van der Waals surface area (Å²) >= 11 is 0. The Labute approximate surface area is 123 Å². The van der Waals surface area contributed by atoms with E-state index in [1.54, 1.807) is 37.4 Å². The summed E-state index contributed by atoms with van der Waals surface area (Å²) in [6, 6.07) is 10.7. The van der Waals surface area contributed by atoms with Gasteiger partial charge in [0.15, 0.2) is 0 Å². The third-order valence-electron chi connectivity index (χ3n) is 2.99. The zero-order valence-corrected chi connectivity index (χ0v) is 12.1. The largest absolute Gasteiger partial charge is 0.492 e. The maximum absolute atomic E-state index is 12.1. The first-order chi connectivity index (χ1) is 10.1. The Balaban J connectivity index is 2.12. The van der Waals surface area contributed by atoms with Gasteiger partial charge in [-0.15, -0.1) is 0 Å². The van der Waals surface area contributed by atoms with Crippen molar-refractivity contribution in [1.29, 1.82) is 0 Å². The number of nitrogens with one attached hydrogen (secondary N) is 1. The fourth-order valence-electron chi connectivity index (χ4n) is 1.98. The van der Waals surface area contributed by atoms with Crippen molar-refractivity contribution in [3.63, 3.8) is 0 Å². The summed E-state index contributed by atoms with van der Waals surface area (Å²) in [5, 5.41) is 2.77. The zero-order valence-electron chi connectivity index (χ0n) is 12.1. The number of benzene rings is 1. The van der Waals surface area contributed by atoms with E-state index >= 15 is 0 Å². The van der Waals surface area contributed by atoms with E-state index in [9.17, 15) is 9.59 Å². The Bertz CT molecular complexity index is 692. The summed E-state index contributed by atoms with van der Waals surface area (Å²) in [5.41, 5.74) is 1.05. The number of carbonyl (C=O) groups excluding carboxylic acids is 1. The average Bonchev–Trinajstić information content (AvgIpc) is 2.46. The number of hydrogen-bond donors (Lipinski definition) is 1. The van der Waals surface area contributed by atoms with Gasteiger partial charge in [0.2, 0.25) is 5.91 Å². The number of ether oxygens (including phenoxy) is 1. The third-order valence-corrected chi connectivity index (χ3v) is 2.99. The molecule has 2 rings (SSSR count). The van der Waals surface area contributed by atoms with E-state index in [1.165, 1.54) is 4.57 Å². The highest BCUT2D eigenvalue weighted by Gasteiger charge is 2.09. The highest BCUT2D eigenvalue weighted by molar-refractivity contribution is 5.92. The molecule has 1 N–H and O–H groups in total. The second-order valence-corrected chi connectivity index (χ2v) is 4.60. The molecule has 0 aliphatic rings. The molecule has 0 saturated heterocycles. The summed E-state index contributed by atoms with van der Waals surface area (Å²) in [6.45, 7) is 4.09. The molecule has 0 unspecified atom stereocenters. The van der Waals surface area contributed by atoms with E-state index in [4.69, 9.17) is 4.74 Å². The minimum atomic E-state index is -0.269. The van der Waals surface area contributed by atoms with Crippen LogP contribution in [0.1, 0.15) is 12.5 Å². The molecular formula is C16H18N2O3. The molecule has 1 aromatic heterocycles. The van der Waals surface area contributed by atoms with Crippen molar-refractivity contribution in [3.05, 3.63) is 58.5 Å². The highest BCUT2D eigenvalue weighted by Crippen LogP contribution is 2.23. The van der Waals surface area contributed by atoms with Crippen LogP contribution in [0.4, 0.5) is 5.69 Å². The van der Waals surface area contributed by atoms with Crippen LogP contribution in [0.15, 0.2) is 47.4 Å². The number of rotatable bonds is 5. The predicted molar refractivity (Wildman–Crippen MR) is 81.7 cm³/mol. The van der Waals surface area contributed by atoms with E-state index in [0.29, 0.717) is 23.6 Å². The molecule has 5 heteroatoms. The lowest BCUT2D eigenvalue weighted by molar-refractivity contribution is -0.116. The lowest BCUT2D eigenvalue weighted by Gasteiger charge is -2.12. The van der Waals surface area contributed by atoms with Gasteiger partial charge in [0, 0.05) is 11.8 Å². The molecule has 0 saturated carbocycles. The molecule has 21 heavy (non-hydrogen) atoms. The van der Waals surface area contributed by atoms with Crippen molar-refractivity contribution in [1.82, 2.24) is 4.57 Å². The normalized spacial score (nSPS) is 10.2. The van der Waals surface area contributed by atoms with Crippen molar-refractivity contribution in [3.8, 4) is 5.75 Å². The summed E-state index contributed by atoms with van der Waals surface area (Å²) < 4.78 is 6.83. The first-order valence-electron chi connectivity index (χ1n) is 6.79. The lowest BCUT2D eigenvalue weighted by atomic mass is 10.3. The van der Waals surface area contributed by atoms with E-state index in [0.717, 1.165) is 0 Å². The number of anilines is 1. The first-order valence-corrected chi connectivity index (χ1v) is 6.79. The number of amides is 1. The summed E-state index contributed by atoms with van der Waals surface area (Å²) in [6.07, 6.45) is 1.60. The molecule has 0 bridgehead atoms. The van der Waals surface area contributed by atoms with Crippen LogP contribution in [-0.4, -0.2) is 17.1 Å². The smallest absolute Gasteiger partial charge is 0.253 e. The van der Waals surface area contributed by atoms with Gasteiger partial charge in [0.05, 0.1) is 12.3 Å². The molecule has 0 radical (unpaired) electrons. The zero-order chi connectivity index (χ0) is 15.2. The Morgan fingerprint density at radius 1 is 1.24 bits per heavy atom. The molecule has 0 atom stereocenters. The van der Waals surface area contributed by atoms with Crippen molar-refractivity contribution < 1.29 is 9.53 Å². The molecule has 0 spiro atoms. The second-order valence-electron chi connectivity index (χ2n) is 4.60. The van der Waals surface area contributed by atoms with E-state index < -0.39 is 0 Å². The number of hydrogen-bond acceptors (Lipinski definition) is 3. The van der Waals surface area contributed by atoms with Crippen LogP contribution in [-0.2, 0) is 11.3 Å². The molecule has 0 fully saturated rings. The second kappa shape index (κ2) is 6.74. The lowest BCUT2D eigenvalue weighted by Crippen LogP contribution is -2.28. The summed E-state index contributed by atoms with van der Waals surface area (Å²) in [7, 11) is 0. The van der Waals surface area contributed by atoms with Crippen LogP contribution in [0, 0.1) is 6.92 Å². The van der Waals surface area contributed by atoms with Gasteiger partial charge >= 0.3 is 0 Å². The number of nitrogens with zero attached hydrogens (tertiary/aromatic N) is 1. The van der Waals surface area contributed by atoms with E-state index in [-0.39, 0.29) is 18.0 Å². The molecule has 1 aromatic carbocycles. The Hall–Kier alpha value is -2.56. The fraction of sp³-hybridized carbons (Fsp3) is 0.250. The van der Waals surface area contributed by atoms with Crippen molar-refractivity contribution >= 4 is 11.6 Å². The number of carbonyl (C=O) groups is 1. The highest BCUT2D eigenvalue weighted by atomic mass is 16.5. The number of para-hydroxylation sites is 2. The Kier molecular flexibility index (Phi) is 4.77. The predicted octanol–water partition coefficient (Wildman–Crippen LogP) is 2.19. The minimum absolute atomic E-state index is 0.0268. The first kappa shape index (κ1) is 14.8. The minimum Gasteiger partial charge on any atom is -0.492 e. The topological polar surface area (TPSA) is 60.3 Å². The molecule has 1 amide bonds. The quantitative estimate of drug-likeness (QED) is 0.916. The standard InChI is InChI=1S/C16H18N2O3/c1-3-21-14-9-5-4-8-13(14)17-15(19)11-18-10-6-7-12(2)16(18)20/h4-10H,3,11H2,1-2H3,(H,17,19). The van der Waals surface area contributed by atoms with Crippen LogP contribution in [0.5, 0.6) is 5.75 Å². The molecule has 0 aliphatic heterocycles. The molecule has 2 aromatic rings. The summed E-state index contributed by atoms with van der Waals surface area (Å²) in [5.74, 6) is 0.347. The molecule has 5 nitrogen and oxygen atoms in total. The number of aryl methyl sites for hydroxylation is 1. The van der Waals surface area contributed by atoms with Crippen molar-refractivity contribution in [2.24, 2.45) is 0 Å². The molecule has 110 valence electrons. The van der Waals surface area contributed by atoms with Crippen LogP contribution < -0.4 is 15.6 Å². The number of aromatic nitrogens is 1. The van der Waals surface area contributed by atoms with Crippen molar-refractivity contribution in [2.45, 2.75) is 20.4 Å². The summed E-state index contributed by atoms with van der Waals surface area (Å²) in [4.78, 5) is 24.0. The Morgan fingerprint density at radius 3 is 2.76 bits per heavy atom. The molecular weight excluding hydrogens is 268 g/mol. The van der Waals surface area contributed by atoms with Crippen LogP contribution in [0.3, 0.4) is 0 Å². The maximum atomic E-state index is 12.1. The van der Waals surface area contributed by atoms with Crippen molar-refractivity contribution in [2.75, 3.05) is 11.9 Å². The third kappa shape index (κ3) is 3.72. The van der Waals surface area contributed by atoms with Gasteiger partial charge in [0.25, 0.3) is 5.56 Å². The van der Waals surface area contributed by atoms with Gasteiger partial charge in [-0.05, 0) is 32.0 Å². The monoisotopic (exact) mass is 286 g/mol. The van der Waals surface area contributed by atoms with Gasteiger partial charge in [-0.2, -0.15) is 0 Å². The van der Waals surface area contributed by atoms with Crippen LogP contribution >= 0.6 is 0 Å². The van der Waals surface area contributed by atoms with Crippen LogP contribution in [0.2, 0.25) is 0 Å². The van der Waals surface area contributed by atoms with Gasteiger partial charge in [-0.1, -0.05) is 18.2 Å². The molecule has 0 aliphatic carbocycles. The van der Waals surface area contributed by atoms with Gasteiger partial charge in [0.1, 0.15) is 12.3 Å². The SMILES string of the molecule is CCOc1ccccc1NC(=O)Cn1cccc(C)c1=O. The average molecular weight is 286 g/mol. The fourth-order valence-corrected chi connectivity index (χ4v) is 1.98. The van der Waals surface area contributed by atoms with E-state index in [2.05, 4.69) is 5.32 Å². The number of pyridine rings is 1. The Morgan fingerprint density at radius 2 is 2.00 bits per heavy atom.